The van der Waals surface area contributed by atoms with E-state index in [9.17, 15) is 14.4 Å². The number of thioether (sulfide) groups is 1. The van der Waals surface area contributed by atoms with E-state index in [2.05, 4.69) is 5.32 Å². The highest BCUT2D eigenvalue weighted by molar-refractivity contribution is 8.18. The van der Waals surface area contributed by atoms with Crippen LogP contribution in [-0.4, -0.2) is 67.7 Å². The highest BCUT2D eigenvalue weighted by Gasteiger charge is 2.36. The number of amides is 3. The first kappa shape index (κ1) is 20.0. The van der Waals surface area contributed by atoms with E-state index in [0.29, 0.717) is 17.2 Å². The third-order valence-electron chi connectivity index (χ3n) is 3.67. The zero-order valence-electron chi connectivity index (χ0n) is 15.2. The van der Waals surface area contributed by atoms with E-state index in [-0.39, 0.29) is 12.5 Å². The van der Waals surface area contributed by atoms with Crippen molar-refractivity contribution in [3.05, 3.63) is 34.7 Å². The summed E-state index contributed by atoms with van der Waals surface area (Å²) in [5, 5.41) is 2.29. The van der Waals surface area contributed by atoms with Crippen LogP contribution in [-0.2, 0) is 9.59 Å². The van der Waals surface area contributed by atoms with Gasteiger partial charge in [0.05, 0.1) is 12.0 Å². The van der Waals surface area contributed by atoms with Crippen LogP contribution in [0, 0.1) is 0 Å². The highest BCUT2D eigenvalue weighted by atomic mass is 32.2. The Hall–Kier alpha value is -2.32. The standard InChI is InChI=1S/C18H23N3O4S/c1-20(2)9-5-8-19-16(22)12-21-17(23)15(26-18(21)24)11-13-6-4-7-14(10-13)25-3/h4,6-7,10-11H,5,8-9,12H2,1-3H3,(H,19,22). The quantitative estimate of drug-likeness (QED) is 0.550. The normalized spacial score (nSPS) is 15.8. The molecule has 1 N–H and O–H groups in total. The van der Waals surface area contributed by atoms with Gasteiger partial charge in [-0.05, 0) is 62.6 Å². The Labute approximate surface area is 157 Å². The second-order valence-electron chi connectivity index (χ2n) is 6.05. The number of rotatable bonds is 8. The third kappa shape index (κ3) is 5.60. The van der Waals surface area contributed by atoms with Gasteiger partial charge in [-0.3, -0.25) is 19.3 Å². The van der Waals surface area contributed by atoms with E-state index in [1.165, 1.54) is 0 Å². The second kappa shape index (κ2) is 9.40. The van der Waals surface area contributed by atoms with Crippen LogP contribution < -0.4 is 10.1 Å². The maximum absolute atomic E-state index is 12.4. The number of methoxy groups -OCH3 is 1. The first-order valence-electron chi connectivity index (χ1n) is 8.21. The smallest absolute Gasteiger partial charge is 0.294 e. The minimum absolute atomic E-state index is 0.262. The van der Waals surface area contributed by atoms with Gasteiger partial charge in [0.25, 0.3) is 11.1 Å². The summed E-state index contributed by atoms with van der Waals surface area (Å²) >= 11 is 0.835. The van der Waals surface area contributed by atoms with E-state index < -0.39 is 11.1 Å². The molecule has 0 aromatic heterocycles. The molecular formula is C18H23N3O4S. The molecule has 1 saturated heterocycles. The summed E-state index contributed by atoms with van der Waals surface area (Å²) in [4.78, 5) is 39.8. The van der Waals surface area contributed by atoms with Gasteiger partial charge >= 0.3 is 0 Å². The summed E-state index contributed by atoms with van der Waals surface area (Å²) < 4.78 is 5.15. The lowest BCUT2D eigenvalue weighted by atomic mass is 10.2. The van der Waals surface area contributed by atoms with Gasteiger partial charge in [-0.15, -0.1) is 0 Å². The molecule has 26 heavy (non-hydrogen) atoms. The Morgan fingerprint density at radius 3 is 2.81 bits per heavy atom. The summed E-state index contributed by atoms with van der Waals surface area (Å²) in [7, 11) is 5.47. The molecule has 0 saturated carbocycles. The molecule has 1 aliphatic heterocycles. The number of carbonyl (C=O) groups excluding carboxylic acids is 3. The summed E-state index contributed by atoms with van der Waals surface area (Å²) in [6.07, 6.45) is 2.43. The van der Waals surface area contributed by atoms with Crippen LogP contribution in [0.3, 0.4) is 0 Å². The molecule has 3 amide bonds. The predicted octanol–water partition coefficient (Wildman–Crippen LogP) is 1.80. The molecule has 1 aliphatic rings. The van der Waals surface area contributed by atoms with Crippen LogP contribution >= 0.6 is 11.8 Å². The van der Waals surface area contributed by atoms with Crippen molar-refractivity contribution in [3.8, 4) is 5.75 Å². The molecule has 1 aromatic rings. The van der Waals surface area contributed by atoms with Crippen molar-refractivity contribution in [2.24, 2.45) is 0 Å². The fourth-order valence-corrected chi connectivity index (χ4v) is 3.18. The Bertz CT molecular complexity index is 718. The van der Waals surface area contributed by atoms with Crippen LogP contribution in [0.15, 0.2) is 29.2 Å². The molecule has 8 heteroatoms. The SMILES string of the molecule is COc1cccc(C=C2SC(=O)N(CC(=O)NCCCN(C)C)C2=O)c1. The lowest BCUT2D eigenvalue weighted by Crippen LogP contribution is -2.40. The highest BCUT2D eigenvalue weighted by Crippen LogP contribution is 2.32. The van der Waals surface area contributed by atoms with E-state index in [0.717, 1.165) is 35.2 Å². The Morgan fingerprint density at radius 2 is 2.12 bits per heavy atom. The molecule has 0 aliphatic carbocycles. The van der Waals surface area contributed by atoms with E-state index in [4.69, 9.17) is 4.74 Å². The fourth-order valence-electron chi connectivity index (χ4n) is 2.34. The molecule has 1 aromatic carbocycles. The first-order chi connectivity index (χ1) is 12.4. The summed E-state index contributed by atoms with van der Waals surface area (Å²) in [5.41, 5.74) is 0.753. The average molecular weight is 377 g/mol. The van der Waals surface area contributed by atoms with Crippen molar-refractivity contribution < 1.29 is 19.1 Å². The van der Waals surface area contributed by atoms with Gasteiger partial charge in [-0.25, -0.2) is 0 Å². The van der Waals surface area contributed by atoms with Crippen molar-refractivity contribution in [2.75, 3.05) is 40.8 Å². The Balaban J connectivity index is 1.95. The van der Waals surface area contributed by atoms with Crippen LogP contribution in [0.4, 0.5) is 4.79 Å². The van der Waals surface area contributed by atoms with Gasteiger partial charge < -0.3 is 15.0 Å². The summed E-state index contributed by atoms with van der Waals surface area (Å²) in [6, 6.07) is 7.18. The van der Waals surface area contributed by atoms with Crippen molar-refractivity contribution in [2.45, 2.75) is 6.42 Å². The monoisotopic (exact) mass is 377 g/mol. The van der Waals surface area contributed by atoms with E-state index in [1.54, 1.807) is 31.4 Å². The molecular weight excluding hydrogens is 354 g/mol. The molecule has 140 valence electrons. The van der Waals surface area contributed by atoms with Crippen LogP contribution in [0.25, 0.3) is 6.08 Å². The van der Waals surface area contributed by atoms with Gasteiger partial charge in [0.1, 0.15) is 12.3 Å². The molecule has 0 radical (unpaired) electrons. The zero-order valence-corrected chi connectivity index (χ0v) is 16.0. The minimum atomic E-state index is -0.453. The van der Waals surface area contributed by atoms with Gasteiger partial charge in [-0.1, -0.05) is 12.1 Å². The van der Waals surface area contributed by atoms with Gasteiger partial charge in [-0.2, -0.15) is 0 Å². The maximum Gasteiger partial charge on any atom is 0.294 e. The van der Waals surface area contributed by atoms with Crippen molar-refractivity contribution in [1.82, 2.24) is 15.1 Å². The number of carbonyl (C=O) groups is 3. The molecule has 1 fully saturated rings. The largest absolute Gasteiger partial charge is 0.497 e. The van der Waals surface area contributed by atoms with Gasteiger partial charge in [0.15, 0.2) is 0 Å². The molecule has 0 atom stereocenters. The minimum Gasteiger partial charge on any atom is -0.497 e. The van der Waals surface area contributed by atoms with E-state index in [1.807, 2.05) is 25.1 Å². The Kier molecular flexibility index (Phi) is 7.23. The third-order valence-corrected chi connectivity index (χ3v) is 4.58. The molecule has 7 nitrogen and oxygen atoms in total. The van der Waals surface area contributed by atoms with E-state index >= 15 is 0 Å². The first-order valence-corrected chi connectivity index (χ1v) is 9.03. The number of nitrogens with zero attached hydrogens (tertiary/aromatic N) is 2. The van der Waals surface area contributed by atoms with Crippen LogP contribution in [0.5, 0.6) is 5.75 Å². The predicted molar refractivity (Wildman–Crippen MR) is 102 cm³/mol. The Morgan fingerprint density at radius 1 is 1.35 bits per heavy atom. The topological polar surface area (TPSA) is 79.0 Å². The van der Waals surface area contributed by atoms with Crippen molar-refractivity contribution in [1.29, 1.82) is 0 Å². The molecule has 0 bridgehead atoms. The van der Waals surface area contributed by atoms with Crippen LogP contribution in [0.2, 0.25) is 0 Å². The number of nitrogens with one attached hydrogen (secondary N) is 1. The van der Waals surface area contributed by atoms with Crippen molar-refractivity contribution in [3.63, 3.8) is 0 Å². The average Bonchev–Trinajstić information content (AvgIpc) is 2.86. The lowest BCUT2D eigenvalue weighted by Gasteiger charge is -2.13. The number of imide groups is 1. The van der Waals surface area contributed by atoms with Gasteiger partial charge in [0.2, 0.25) is 5.91 Å². The lowest BCUT2D eigenvalue weighted by molar-refractivity contribution is -0.129. The molecule has 2 rings (SSSR count). The second-order valence-corrected chi connectivity index (χ2v) is 7.04. The van der Waals surface area contributed by atoms with Crippen LogP contribution in [0.1, 0.15) is 12.0 Å². The maximum atomic E-state index is 12.4. The number of ether oxygens (including phenoxy) is 1. The fraction of sp³-hybridized carbons (Fsp3) is 0.389. The summed E-state index contributed by atoms with van der Waals surface area (Å²) in [5.74, 6) is -0.130. The number of benzene rings is 1. The zero-order chi connectivity index (χ0) is 19.1. The molecule has 0 spiro atoms. The van der Waals surface area contributed by atoms with Crippen molar-refractivity contribution >= 4 is 34.9 Å². The molecule has 1 heterocycles. The van der Waals surface area contributed by atoms with Gasteiger partial charge in [0, 0.05) is 6.54 Å². The number of hydrogen-bond donors (Lipinski definition) is 1. The molecule has 0 unspecified atom stereocenters. The summed E-state index contributed by atoms with van der Waals surface area (Å²) in [6.45, 7) is 1.10. The number of hydrogen-bond acceptors (Lipinski definition) is 6.